The van der Waals surface area contributed by atoms with Crippen LogP contribution in [0.25, 0.3) is 35.3 Å². The molecule has 0 unspecified atom stereocenters. The lowest BCUT2D eigenvalue weighted by Gasteiger charge is -2.11. The number of benzene rings is 1. The summed E-state index contributed by atoms with van der Waals surface area (Å²) in [6, 6.07) is 7.15. The summed E-state index contributed by atoms with van der Waals surface area (Å²) in [5, 5.41) is 12.7. The second-order valence-electron chi connectivity index (χ2n) is 11.2. The molecule has 3 heterocycles. The van der Waals surface area contributed by atoms with Gasteiger partial charge in [0.1, 0.15) is 11.5 Å². The first-order valence-electron chi connectivity index (χ1n) is 15.6. The fourth-order valence-corrected chi connectivity index (χ4v) is 5.61. The van der Waals surface area contributed by atoms with Gasteiger partial charge in [-0.2, -0.15) is 5.10 Å². The Balaban J connectivity index is 0.00000216. The molecule has 1 aromatic carbocycles. The maximum Gasteiger partial charge on any atom is 0.159 e. The molecule has 0 aliphatic heterocycles. The van der Waals surface area contributed by atoms with E-state index in [1.807, 2.05) is 58.3 Å². The van der Waals surface area contributed by atoms with Crippen LogP contribution in [0.1, 0.15) is 80.1 Å². The molecule has 0 spiro atoms. The second kappa shape index (κ2) is 15.4. The van der Waals surface area contributed by atoms with E-state index >= 15 is 0 Å². The molecule has 4 aromatic rings. The number of aryl methyl sites for hydroxylation is 2. The number of nitrogens with one attached hydrogen (secondary N) is 3. The summed E-state index contributed by atoms with van der Waals surface area (Å²) >= 11 is 0. The number of aromatic amines is 2. The maximum atomic E-state index is 14.2. The summed E-state index contributed by atoms with van der Waals surface area (Å²) in [6.07, 6.45) is 16.8. The van der Waals surface area contributed by atoms with Crippen molar-refractivity contribution in [3.8, 4) is 11.5 Å². The van der Waals surface area contributed by atoms with E-state index in [-0.39, 0.29) is 5.82 Å². The van der Waals surface area contributed by atoms with E-state index in [1.165, 1.54) is 43.4 Å². The molecule has 3 N–H and O–H groups in total. The fourth-order valence-electron chi connectivity index (χ4n) is 5.61. The van der Waals surface area contributed by atoms with Gasteiger partial charge in [-0.15, -0.1) is 0 Å². The van der Waals surface area contributed by atoms with E-state index in [1.54, 1.807) is 6.08 Å². The highest BCUT2D eigenvalue weighted by Crippen LogP contribution is 2.28. The molecule has 0 saturated heterocycles. The van der Waals surface area contributed by atoms with Crippen LogP contribution in [-0.2, 0) is 6.54 Å². The molecule has 3 aromatic heterocycles. The summed E-state index contributed by atoms with van der Waals surface area (Å²) < 4.78 is 14.2. The number of allylic oxidation sites excluding steroid dienone is 4. The Morgan fingerprint density at radius 3 is 2.57 bits per heavy atom. The number of imidazole rings is 1. The van der Waals surface area contributed by atoms with Gasteiger partial charge in [0.05, 0.1) is 11.0 Å². The van der Waals surface area contributed by atoms with Crippen molar-refractivity contribution in [2.24, 2.45) is 5.92 Å². The number of halogens is 1. The summed E-state index contributed by atoms with van der Waals surface area (Å²) in [6.45, 7) is 19.9. The zero-order valence-electron chi connectivity index (χ0n) is 26.7. The van der Waals surface area contributed by atoms with Crippen molar-refractivity contribution in [1.29, 1.82) is 0 Å². The van der Waals surface area contributed by atoms with Gasteiger partial charge in [0.25, 0.3) is 0 Å². The number of hydrogen-bond donors (Lipinski definition) is 3. The monoisotopic (exact) mass is 592 g/mol. The van der Waals surface area contributed by atoms with Crippen LogP contribution in [0.4, 0.5) is 4.39 Å². The third-order valence-corrected chi connectivity index (χ3v) is 7.89. The van der Waals surface area contributed by atoms with E-state index in [4.69, 9.17) is 4.98 Å². The molecule has 0 amide bonds. The predicted molar refractivity (Wildman–Crippen MR) is 181 cm³/mol. The van der Waals surface area contributed by atoms with E-state index < -0.39 is 0 Å². The minimum absolute atomic E-state index is 0.289. The Morgan fingerprint density at radius 1 is 1.07 bits per heavy atom. The Morgan fingerprint density at radius 2 is 1.84 bits per heavy atom. The van der Waals surface area contributed by atoms with Crippen molar-refractivity contribution in [3.05, 3.63) is 111 Å². The number of pyridine rings is 1. The third-order valence-electron chi connectivity index (χ3n) is 7.89. The van der Waals surface area contributed by atoms with Crippen molar-refractivity contribution < 1.29 is 4.39 Å². The molecule has 0 radical (unpaired) electrons. The molecule has 7 heteroatoms. The Hall–Kier alpha value is -4.36. The predicted octanol–water partition coefficient (Wildman–Crippen LogP) is 7.17. The minimum atomic E-state index is -0.289. The Kier molecular flexibility index (Phi) is 11.4. The van der Waals surface area contributed by atoms with Gasteiger partial charge in [0.15, 0.2) is 5.82 Å². The molecular weight excluding hydrogens is 547 g/mol. The van der Waals surface area contributed by atoms with Gasteiger partial charge < -0.3 is 10.3 Å². The highest BCUT2D eigenvalue weighted by molar-refractivity contribution is 5.81. The first kappa shape index (κ1) is 32.6. The zero-order valence-corrected chi connectivity index (χ0v) is 26.7. The molecule has 0 atom stereocenters. The largest absolute Gasteiger partial charge is 0.340 e. The number of hydrogen-bond acceptors (Lipinski definition) is 4. The van der Waals surface area contributed by atoms with Crippen molar-refractivity contribution in [1.82, 2.24) is 30.5 Å². The van der Waals surface area contributed by atoms with Crippen molar-refractivity contribution in [2.75, 3.05) is 6.54 Å². The standard InChI is InChI=1S/C35H39FN6.C2H6/c1-6-9-31(28-14-22(2)15-30(36)17-28)34-25(5)39-35(40-34)33-24(4)32(41-42-33)13-12-23(3)29-16-27(20-38-21-29)19-37-18-26-10-7-8-11-26;1-2/h6,9,12-17,20-21,26,37,41H,1,4,7-8,10-11,18-19H2,2-3,5H3,(H,39,40);1-2H3/b23-12+,31-9-,32-13+;. The van der Waals surface area contributed by atoms with Gasteiger partial charge in [-0.3, -0.25) is 10.1 Å². The summed E-state index contributed by atoms with van der Waals surface area (Å²) in [5.74, 6) is 1.12. The van der Waals surface area contributed by atoms with E-state index in [0.29, 0.717) is 17.2 Å². The lowest BCUT2D eigenvalue weighted by atomic mass is 9.99. The van der Waals surface area contributed by atoms with Crippen LogP contribution in [0.5, 0.6) is 0 Å². The van der Waals surface area contributed by atoms with E-state index in [0.717, 1.165) is 63.1 Å². The van der Waals surface area contributed by atoms with Crippen LogP contribution in [0.2, 0.25) is 0 Å². The summed E-state index contributed by atoms with van der Waals surface area (Å²) in [4.78, 5) is 12.7. The average Bonchev–Trinajstić information content (AvgIpc) is 3.76. The normalized spacial score (nSPS) is 14.5. The van der Waals surface area contributed by atoms with Crippen molar-refractivity contribution in [2.45, 2.75) is 66.8 Å². The molecule has 0 bridgehead atoms. The van der Waals surface area contributed by atoms with Gasteiger partial charge in [0.2, 0.25) is 0 Å². The number of aromatic nitrogens is 5. The fraction of sp³-hybridized carbons (Fsp3) is 0.324. The first-order valence-corrected chi connectivity index (χ1v) is 15.6. The maximum absolute atomic E-state index is 14.2. The lowest BCUT2D eigenvalue weighted by molar-refractivity contribution is 0.489. The molecule has 1 aliphatic rings. The molecule has 230 valence electrons. The SMILES string of the molecule is C=C/C=C(/c1cc(C)cc(F)c1)c1nc(-c2n[nH]/c(=C/C=C(\C)c3cncc(CNCC4CCCC4)c3)c2=C)[nH]c1C.CC. The van der Waals surface area contributed by atoms with Crippen LogP contribution in [0.15, 0.2) is 61.5 Å². The van der Waals surface area contributed by atoms with Crippen molar-refractivity contribution >= 4 is 23.8 Å². The second-order valence-corrected chi connectivity index (χ2v) is 11.2. The van der Waals surface area contributed by atoms with Gasteiger partial charge in [-0.1, -0.05) is 64.1 Å². The van der Waals surface area contributed by atoms with E-state index in [2.05, 4.69) is 57.7 Å². The van der Waals surface area contributed by atoms with Crippen molar-refractivity contribution in [3.63, 3.8) is 0 Å². The molecule has 5 rings (SSSR count). The summed E-state index contributed by atoms with van der Waals surface area (Å²) in [5.41, 5.74) is 7.90. The first-order chi connectivity index (χ1) is 21.3. The molecule has 44 heavy (non-hydrogen) atoms. The van der Waals surface area contributed by atoms with Gasteiger partial charge in [-0.05, 0) is 98.2 Å². The molecular formula is C37H45FN6. The highest BCUT2D eigenvalue weighted by atomic mass is 19.1. The molecule has 1 fully saturated rings. The lowest BCUT2D eigenvalue weighted by Crippen LogP contribution is -2.21. The minimum Gasteiger partial charge on any atom is -0.340 e. The quantitative estimate of drug-likeness (QED) is 0.171. The zero-order chi connectivity index (χ0) is 31.6. The van der Waals surface area contributed by atoms with Crippen LogP contribution >= 0.6 is 0 Å². The Labute approximate surface area is 260 Å². The van der Waals surface area contributed by atoms with Crippen LogP contribution < -0.4 is 15.9 Å². The van der Waals surface area contributed by atoms with Crippen LogP contribution in [0.3, 0.4) is 0 Å². The third kappa shape index (κ3) is 7.97. The number of H-pyrrole nitrogens is 2. The Bertz CT molecular complexity index is 1730. The topological polar surface area (TPSA) is 82.3 Å². The van der Waals surface area contributed by atoms with E-state index in [9.17, 15) is 4.39 Å². The highest BCUT2D eigenvalue weighted by Gasteiger charge is 2.17. The van der Waals surface area contributed by atoms with Crippen LogP contribution in [0, 0.1) is 25.6 Å². The smallest absolute Gasteiger partial charge is 0.159 e. The van der Waals surface area contributed by atoms with Crippen LogP contribution in [-0.4, -0.2) is 31.7 Å². The molecule has 6 nitrogen and oxygen atoms in total. The van der Waals surface area contributed by atoms with Gasteiger partial charge >= 0.3 is 0 Å². The number of nitrogens with zero attached hydrogens (tertiary/aromatic N) is 3. The molecule has 1 saturated carbocycles. The van der Waals surface area contributed by atoms with Gasteiger partial charge in [0, 0.05) is 35.4 Å². The molecule has 1 aliphatic carbocycles. The average molecular weight is 593 g/mol. The van der Waals surface area contributed by atoms with Gasteiger partial charge in [-0.25, -0.2) is 9.37 Å². The number of rotatable bonds is 10. The summed E-state index contributed by atoms with van der Waals surface area (Å²) in [7, 11) is 0.